The van der Waals surface area contributed by atoms with Crippen LogP contribution in [0.4, 0.5) is 0 Å². The zero-order valence-electron chi connectivity index (χ0n) is 9.14. The number of rotatable bonds is 2. The van der Waals surface area contributed by atoms with Crippen LogP contribution in [0.3, 0.4) is 0 Å². The van der Waals surface area contributed by atoms with Gasteiger partial charge in [-0.25, -0.2) is 0 Å². The third-order valence-electron chi connectivity index (χ3n) is 2.68. The van der Waals surface area contributed by atoms with E-state index in [1.807, 2.05) is 18.2 Å². The fraction of sp³-hybridized carbons (Fsp3) is 0.400. The molecule has 3 rings (SSSR count). The normalized spacial score (nSPS) is 11.6. The lowest BCUT2D eigenvalue weighted by molar-refractivity contribution is 0.438. The number of aryl methyl sites for hydroxylation is 2. The van der Waals surface area contributed by atoms with Crippen LogP contribution in [0.25, 0.3) is 16.7 Å². The highest BCUT2D eigenvalue weighted by atomic mass is 16.5. The molecular formula is C10H11N5O. The summed E-state index contributed by atoms with van der Waals surface area (Å²) in [5.74, 6) is 0.881. The zero-order chi connectivity index (χ0) is 11.1. The minimum absolute atomic E-state index is 0.550. The molecule has 16 heavy (non-hydrogen) atoms. The topological polar surface area (TPSA) is 69.1 Å². The lowest BCUT2D eigenvalue weighted by Crippen LogP contribution is -1.99. The number of hydrogen-bond donors (Lipinski definition) is 0. The van der Waals surface area contributed by atoms with E-state index in [0.29, 0.717) is 5.71 Å². The Balaban J connectivity index is 2.52. The second-order valence-electron chi connectivity index (χ2n) is 3.57. The summed E-state index contributed by atoms with van der Waals surface area (Å²) in [5.41, 5.74) is 2.21. The smallest absolute Gasteiger partial charge is 0.263 e. The van der Waals surface area contributed by atoms with Crippen molar-refractivity contribution in [2.75, 3.05) is 0 Å². The number of nitrogens with zero attached hydrogens (tertiary/aromatic N) is 5. The summed E-state index contributed by atoms with van der Waals surface area (Å²) in [6.07, 6.45) is 3.27. The molecule has 0 fully saturated rings. The van der Waals surface area contributed by atoms with Gasteiger partial charge in [-0.1, -0.05) is 19.0 Å². The average Bonchev–Trinajstić information content (AvgIpc) is 2.93. The first-order chi connectivity index (χ1) is 7.85. The van der Waals surface area contributed by atoms with E-state index in [0.717, 1.165) is 35.4 Å². The van der Waals surface area contributed by atoms with Gasteiger partial charge in [-0.2, -0.15) is 4.98 Å². The van der Waals surface area contributed by atoms with Crippen LogP contribution >= 0.6 is 0 Å². The first-order valence-corrected chi connectivity index (χ1v) is 5.32. The van der Waals surface area contributed by atoms with Gasteiger partial charge in [-0.15, -0.1) is 10.2 Å². The molecule has 0 bridgehead atoms. The molecule has 3 heterocycles. The second-order valence-corrected chi connectivity index (χ2v) is 3.57. The SMILES string of the molecule is CCc1noc2nc(CC)n3cnnc3c12. The molecular weight excluding hydrogens is 206 g/mol. The molecule has 0 saturated heterocycles. The zero-order valence-corrected chi connectivity index (χ0v) is 9.14. The third-order valence-corrected chi connectivity index (χ3v) is 2.68. The predicted molar refractivity (Wildman–Crippen MR) is 57.1 cm³/mol. The van der Waals surface area contributed by atoms with Crippen LogP contribution in [0.15, 0.2) is 10.9 Å². The van der Waals surface area contributed by atoms with Gasteiger partial charge in [0.15, 0.2) is 5.65 Å². The molecule has 0 aliphatic rings. The lowest BCUT2D eigenvalue weighted by Gasteiger charge is -2.00. The Bertz CT molecular complexity index is 654. The average molecular weight is 217 g/mol. The molecule has 0 aromatic carbocycles. The minimum Gasteiger partial charge on any atom is -0.335 e. The molecule has 0 aliphatic heterocycles. The molecule has 3 aromatic rings. The summed E-state index contributed by atoms with van der Waals surface area (Å²) in [6, 6.07) is 0. The quantitative estimate of drug-likeness (QED) is 0.648. The first kappa shape index (κ1) is 9.26. The van der Waals surface area contributed by atoms with E-state index < -0.39 is 0 Å². The summed E-state index contributed by atoms with van der Waals surface area (Å²) in [5, 5.41) is 12.9. The Morgan fingerprint density at radius 1 is 1.31 bits per heavy atom. The van der Waals surface area contributed by atoms with Gasteiger partial charge >= 0.3 is 0 Å². The van der Waals surface area contributed by atoms with Gasteiger partial charge in [0.05, 0.1) is 5.69 Å². The summed E-state index contributed by atoms with van der Waals surface area (Å²) in [6.45, 7) is 4.06. The molecule has 0 radical (unpaired) electrons. The monoisotopic (exact) mass is 217 g/mol. The van der Waals surface area contributed by atoms with Crippen molar-refractivity contribution in [3.8, 4) is 0 Å². The van der Waals surface area contributed by atoms with Crippen LogP contribution in [0.1, 0.15) is 25.4 Å². The number of aromatic nitrogens is 5. The molecule has 0 amide bonds. The lowest BCUT2D eigenvalue weighted by atomic mass is 10.2. The van der Waals surface area contributed by atoms with Gasteiger partial charge in [0.25, 0.3) is 5.71 Å². The van der Waals surface area contributed by atoms with Gasteiger partial charge in [-0.3, -0.25) is 4.40 Å². The van der Waals surface area contributed by atoms with Crippen LogP contribution in [0.5, 0.6) is 0 Å². The van der Waals surface area contributed by atoms with Crippen LogP contribution in [-0.4, -0.2) is 24.7 Å². The van der Waals surface area contributed by atoms with E-state index >= 15 is 0 Å². The Morgan fingerprint density at radius 2 is 2.19 bits per heavy atom. The maximum Gasteiger partial charge on any atom is 0.263 e. The fourth-order valence-electron chi connectivity index (χ4n) is 1.87. The van der Waals surface area contributed by atoms with Gasteiger partial charge < -0.3 is 4.52 Å². The van der Waals surface area contributed by atoms with Crippen molar-refractivity contribution >= 4 is 16.7 Å². The van der Waals surface area contributed by atoms with E-state index in [1.165, 1.54) is 0 Å². The molecule has 3 aromatic heterocycles. The predicted octanol–water partition coefficient (Wildman–Crippen LogP) is 1.39. The van der Waals surface area contributed by atoms with Crippen molar-refractivity contribution in [2.24, 2.45) is 0 Å². The van der Waals surface area contributed by atoms with Gasteiger partial charge in [0.1, 0.15) is 17.5 Å². The largest absolute Gasteiger partial charge is 0.335 e. The van der Waals surface area contributed by atoms with Gasteiger partial charge in [0, 0.05) is 6.42 Å². The van der Waals surface area contributed by atoms with Crippen molar-refractivity contribution in [1.29, 1.82) is 0 Å². The molecule has 0 unspecified atom stereocenters. The molecule has 82 valence electrons. The minimum atomic E-state index is 0.550. The molecule has 0 atom stereocenters. The standard InChI is InChI=1S/C10H11N5O/c1-3-6-8-9-13-11-5-15(9)7(4-2)12-10(8)16-14-6/h5H,3-4H2,1-2H3. The Hall–Kier alpha value is -1.98. The second kappa shape index (κ2) is 3.26. The molecule has 6 nitrogen and oxygen atoms in total. The Kier molecular flexibility index (Phi) is 1.89. The van der Waals surface area contributed by atoms with Crippen molar-refractivity contribution in [1.82, 2.24) is 24.7 Å². The summed E-state index contributed by atoms with van der Waals surface area (Å²) >= 11 is 0. The summed E-state index contributed by atoms with van der Waals surface area (Å²) < 4.78 is 7.11. The van der Waals surface area contributed by atoms with Crippen molar-refractivity contribution in [3.05, 3.63) is 17.8 Å². The molecule has 0 saturated carbocycles. The van der Waals surface area contributed by atoms with E-state index in [9.17, 15) is 0 Å². The molecule has 6 heteroatoms. The van der Waals surface area contributed by atoms with E-state index in [4.69, 9.17) is 4.52 Å². The van der Waals surface area contributed by atoms with E-state index in [-0.39, 0.29) is 0 Å². The Morgan fingerprint density at radius 3 is 2.94 bits per heavy atom. The van der Waals surface area contributed by atoms with Crippen LogP contribution in [0, 0.1) is 0 Å². The number of hydrogen-bond acceptors (Lipinski definition) is 5. The number of fused-ring (bicyclic) bond motifs is 3. The maximum atomic E-state index is 5.22. The van der Waals surface area contributed by atoms with E-state index in [1.54, 1.807) is 6.33 Å². The van der Waals surface area contributed by atoms with Crippen molar-refractivity contribution < 1.29 is 4.52 Å². The summed E-state index contributed by atoms with van der Waals surface area (Å²) in [7, 11) is 0. The van der Waals surface area contributed by atoms with Gasteiger partial charge in [-0.05, 0) is 6.42 Å². The third kappa shape index (κ3) is 1.07. The highest BCUT2D eigenvalue weighted by molar-refractivity contribution is 5.89. The summed E-state index contributed by atoms with van der Waals surface area (Å²) in [4.78, 5) is 4.42. The molecule has 0 N–H and O–H groups in total. The maximum absolute atomic E-state index is 5.22. The molecule has 0 aliphatic carbocycles. The first-order valence-electron chi connectivity index (χ1n) is 5.32. The Labute approximate surface area is 91.3 Å². The van der Waals surface area contributed by atoms with Crippen LogP contribution < -0.4 is 0 Å². The van der Waals surface area contributed by atoms with Crippen LogP contribution in [-0.2, 0) is 12.8 Å². The van der Waals surface area contributed by atoms with E-state index in [2.05, 4.69) is 20.3 Å². The van der Waals surface area contributed by atoms with Crippen LogP contribution in [0.2, 0.25) is 0 Å². The fourth-order valence-corrected chi connectivity index (χ4v) is 1.87. The highest BCUT2D eigenvalue weighted by Gasteiger charge is 2.16. The highest BCUT2D eigenvalue weighted by Crippen LogP contribution is 2.22. The van der Waals surface area contributed by atoms with Crippen molar-refractivity contribution in [2.45, 2.75) is 26.7 Å². The van der Waals surface area contributed by atoms with Crippen molar-refractivity contribution in [3.63, 3.8) is 0 Å². The molecule has 0 spiro atoms. The van der Waals surface area contributed by atoms with Gasteiger partial charge in [0.2, 0.25) is 0 Å².